The molecular formula is C7H14O. The van der Waals surface area contributed by atoms with Gasteiger partial charge in [0.1, 0.15) is 0 Å². The van der Waals surface area contributed by atoms with E-state index in [-0.39, 0.29) is 5.60 Å². The van der Waals surface area contributed by atoms with Gasteiger partial charge in [-0.25, -0.2) is 0 Å². The van der Waals surface area contributed by atoms with Gasteiger partial charge in [-0.05, 0) is 12.8 Å². The van der Waals surface area contributed by atoms with Crippen LogP contribution in [0.5, 0.6) is 0 Å². The van der Waals surface area contributed by atoms with Gasteiger partial charge in [0, 0.05) is 0 Å². The maximum atomic E-state index is 5.25. The van der Waals surface area contributed by atoms with Crippen molar-refractivity contribution in [1.82, 2.24) is 0 Å². The summed E-state index contributed by atoms with van der Waals surface area (Å²) in [7, 11) is 0. The van der Waals surface area contributed by atoms with E-state index in [9.17, 15) is 0 Å². The molecule has 1 rings (SSSR count). The van der Waals surface area contributed by atoms with E-state index in [4.69, 9.17) is 4.74 Å². The summed E-state index contributed by atoms with van der Waals surface area (Å²) in [4.78, 5) is 0. The highest BCUT2D eigenvalue weighted by atomic mass is 16.6. The van der Waals surface area contributed by atoms with Gasteiger partial charge in [0.2, 0.25) is 0 Å². The summed E-state index contributed by atoms with van der Waals surface area (Å²) >= 11 is 0. The summed E-state index contributed by atoms with van der Waals surface area (Å²) in [6, 6.07) is 0. The Morgan fingerprint density at radius 3 is 2.38 bits per heavy atom. The molecule has 0 radical (unpaired) electrons. The molecule has 1 aliphatic heterocycles. The maximum absolute atomic E-state index is 5.25. The molecule has 1 unspecified atom stereocenters. The average Bonchev–Trinajstić information content (AvgIpc) is 2.47. The molecule has 1 nitrogen and oxygen atoms in total. The standard InChI is InChI=1S/C7H14O/c1-4-6(2)7(3)5-8-7/h6H,4-5H2,1-3H3/t6?,7-/m1/s1. The fourth-order valence-corrected chi connectivity index (χ4v) is 0.830. The Kier molecular flexibility index (Phi) is 1.31. The molecule has 48 valence electrons. The lowest BCUT2D eigenvalue weighted by Crippen LogP contribution is -2.15. The molecular weight excluding hydrogens is 100 g/mol. The van der Waals surface area contributed by atoms with Crippen LogP contribution in [0.1, 0.15) is 27.2 Å². The van der Waals surface area contributed by atoms with E-state index in [2.05, 4.69) is 20.8 Å². The molecule has 0 aromatic heterocycles. The first-order chi connectivity index (χ1) is 3.69. The lowest BCUT2D eigenvalue weighted by molar-refractivity contribution is 0.243. The zero-order chi connectivity index (χ0) is 6.20. The van der Waals surface area contributed by atoms with Crippen molar-refractivity contribution in [1.29, 1.82) is 0 Å². The molecule has 1 saturated heterocycles. The summed E-state index contributed by atoms with van der Waals surface area (Å²) in [5.74, 6) is 0.738. The third-order valence-electron chi connectivity index (χ3n) is 2.25. The van der Waals surface area contributed by atoms with Crippen molar-refractivity contribution in [2.45, 2.75) is 32.8 Å². The van der Waals surface area contributed by atoms with E-state index in [0.717, 1.165) is 12.5 Å². The summed E-state index contributed by atoms with van der Waals surface area (Å²) < 4.78 is 5.25. The van der Waals surface area contributed by atoms with Gasteiger partial charge in [-0.3, -0.25) is 0 Å². The first-order valence-electron chi connectivity index (χ1n) is 3.33. The van der Waals surface area contributed by atoms with E-state index in [0.29, 0.717) is 0 Å². The lowest BCUT2D eigenvalue weighted by atomic mass is 9.95. The van der Waals surface area contributed by atoms with Crippen molar-refractivity contribution in [3.05, 3.63) is 0 Å². The largest absolute Gasteiger partial charge is 0.370 e. The molecule has 0 bridgehead atoms. The number of rotatable bonds is 2. The second kappa shape index (κ2) is 1.73. The van der Waals surface area contributed by atoms with Gasteiger partial charge < -0.3 is 4.74 Å². The molecule has 2 atom stereocenters. The highest BCUT2D eigenvalue weighted by Gasteiger charge is 2.43. The lowest BCUT2D eigenvalue weighted by Gasteiger charge is -2.11. The van der Waals surface area contributed by atoms with Crippen LogP contribution in [0.15, 0.2) is 0 Å². The van der Waals surface area contributed by atoms with Crippen molar-refractivity contribution in [2.24, 2.45) is 5.92 Å². The topological polar surface area (TPSA) is 12.5 Å². The molecule has 1 heterocycles. The van der Waals surface area contributed by atoms with Crippen LogP contribution in [0.3, 0.4) is 0 Å². The average molecular weight is 114 g/mol. The third kappa shape index (κ3) is 0.873. The van der Waals surface area contributed by atoms with Crippen LogP contribution < -0.4 is 0 Å². The van der Waals surface area contributed by atoms with Gasteiger partial charge in [-0.2, -0.15) is 0 Å². The van der Waals surface area contributed by atoms with Crippen LogP contribution in [0.25, 0.3) is 0 Å². The molecule has 1 heteroatoms. The monoisotopic (exact) mass is 114 g/mol. The third-order valence-corrected chi connectivity index (χ3v) is 2.25. The van der Waals surface area contributed by atoms with Crippen LogP contribution in [0, 0.1) is 5.92 Å². The summed E-state index contributed by atoms with van der Waals surface area (Å²) in [5, 5.41) is 0. The first kappa shape index (κ1) is 6.09. The van der Waals surface area contributed by atoms with Gasteiger partial charge >= 0.3 is 0 Å². The quantitative estimate of drug-likeness (QED) is 0.499. The minimum atomic E-state index is 0.259. The molecule has 0 aromatic carbocycles. The number of epoxide rings is 1. The Morgan fingerprint density at radius 2 is 2.25 bits per heavy atom. The molecule has 0 aliphatic carbocycles. The minimum Gasteiger partial charge on any atom is -0.370 e. The zero-order valence-corrected chi connectivity index (χ0v) is 5.90. The normalized spacial score (nSPS) is 39.4. The second-order valence-corrected chi connectivity index (χ2v) is 2.91. The zero-order valence-electron chi connectivity index (χ0n) is 5.90. The highest BCUT2D eigenvalue weighted by Crippen LogP contribution is 2.35. The van der Waals surface area contributed by atoms with Crippen molar-refractivity contribution < 1.29 is 4.74 Å². The number of hydrogen-bond acceptors (Lipinski definition) is 1. The van der Waals surface area contributed by atoms with Gasteiger partial charge in [-0.1, -0.05) is 20.3 Å². The minimum absolute atomic E-state index is 0.259. The smallest absolute Gasteiger partial charge is 0.0913 e. The predicted molar refractivity (Wildman–Crippen MR) is 33.8 cm³/mol. The molecule has 0 N–H and O–H groups in total. The Hall–Kier alpha value is -0.0400. The molecule has 1 aliphatic rings. The van der Waals surface area contributed by atoms with E-state index in [1.165, 1.54) is 6.42 Å². The second-order valence-electron chi connectivity index (χ2n) is 2.91. The fourth-order valence-electron chi connectivity index (χ4n) is 0.830. The molecule has 0 aromatic rings. The summed E-state index contributed by atoms with van der Waals surface area (Å²) in [5.41, 5.74) is 0.259. The first-order valence-corrected chi connectivity index (χ1v) is 3.33. The molecule has 0 spiro atoms. The molecule has 0 saturated carbocycles. The van der Waals surface area contributed by atoms with Crippen LogP contribution in [0.4, 0.5) is 0 Å². The summed E-state index contributed by atoms with van der Waals surface area (Å²) in [6.45, 7) is 7.60. The predicted octanol–water partition coefficient (Wildman–Crippen LogP) is 1.82. The van der Waals surface area contributed by atoms with E-state index >= 15 is 0 Å². The maximum Gasteiger partial charge on any atom is 0.0913 e. The Labute approximate surface area is 51.0 Å². The van der Waals surface area contributed by atoms with Crippen molar-refractivity contribution in [2.75, 3.05) is 6.61 Å². The van der Waals surface area contributed by atoms with Gasteiger partial charge in [-0.15, -0.1) is 0 Å². The van der Waals surface area contributed by atoms with E-state index in [1.807, 2.05) is 0 Å². The highest BCUT2D eigenvalue weighted by molar-refractivity contribution is 4.90. The Bertz CT molecular complexity index is 84.4. The van der Waals surface area contributed by atoms with Crippen molar-refractivity contribution >= 4 is 0 Å². The van der Waals surface area contributed by atoms with E-state index in [1.54, 1.807) is 0 Å². The van der Waals surface area contributed by atoms with Gasteiger partial charge in [0.25, 0.3) is 0 Å². The van der Waals surface area contributed by atoms with Crippen molar-refractivity contribution in [3.63, 3.8) is 0 Å². The fraction of sp³-hybridized carbons (Fsp3) is 1.00. The van der Waals surface area contributed by atoms with Crippen LogP contribution in [-0.2, 0) is 4.74 Å². The van der Waals surface area contributed by atoms with Gasteiger partial charge in [0.05, 0.1) is 12.2 Å². The van der Waals surface area contributed by atoms with Crippen LogP contribution in [-0.4, -0.2) is 12.2 Å². The van der Waals surface area contributed by atoms with Crippen LogP contribution in [0.2, 0.25) is 0 Å². The van der Waals surface area contributed by atoms with Crippen molar-refractivity contribution in [3.8, 4) is 0 Å². The summed E-state index contributed by atoms with van der Waals surface area (Å²) in [6.07, 6.45) is 1.23. The number of hydrogen-bond donors (Lipinski definition) is 0. The van der Waals surface area contributed by atoms with Gasteiger partial charge in [0.15, 0.2) is 0 Å². The molecule has 8 heavy (non-hydrogen) atoms. The Morgan fingerprint density at radius 1 is 1.75 bits per heavy atom. The number of ether oxygens (including phenoxy) is 1. The van der Waals surface area contributed by atoms with Crippen LogP contribution >= 0.6 is 0 Å². The Balaban J connectivity index is 2.34. The van der Waals surface area contributed by atoms with E-state index < -0.39 is 0 Å². The SMILES string of the molecule is CCC(C)[C@@]1(C)CO1. The molecule has 0 amide bonds. The molecule has 1 fully saturated rings.